The number of benzene rings is 1. The third kappa shape index (κ3) is 2.25. The SMILES string of the molecule is COCc1ccc(C2(C(=O)O)CCCCC2)c2c1OCO2. The first kappa shape index (κ1) is 14.2. The zero-order chi connectivity index (χ0) is 14.9. The minimum atomic E-state index is -0.846. The topological polar surface area (TPSA) is 65.0 Å². The molecule has 1 aromatic carbocycles. The molecule has 5 nitrogen and oxygen atoms in total. The Morgan fingerprint density at radius 3 is 2.62 bits per heavy atom. The fourth-order valence-electron chi connectivity index (χ4n) is 3.45. The van der Waals surface area contributed by atoms with Gasteiger partial charge in [0, 0.05) is 18.2 Å². The van der Waals surface area contributed by atoms with Crippen molar-refractivity contribution >= 4 is 5.97 Å². The van der Waals surface area contributed by atoms with E-state index in [0.29, 0.717) is 30.9 Å². The molecule has 0 atom stereocenters. The van der Waals surface area contributed by atoms with E-state index in [1.807, 2.05) is 12.1 Å². The molecule has 0 unspecified atom stereocenters. The average molecular weight is 292 g/mol. The summed E-state index contributed by atoms with van der Waals surface area (Å²) in [5, 5.41) is 9.83. The number of rotatable bonds is 4. The van der Waals surface area contributed by atoms with Crippen LogP contribution >= 0.6 is 0 Å². The van der Waals surface area contributed by atoms with Crippen molar-refractivity contribution in [1.29, 1.82) is 0 Å². The second kappa shape index (κ2) is 5.56. The number of methoxy groups -OCH3 is 1. The lowest BCUT2D eigenvalue weighted by Gasteiger charge is -2.34. The smallest absolute Gasteiger partial charge is 0.314 e. The summed E-state index contributed by atoms with van der Waals surface area (Å²) < 4.78 is 16.3. The standard InChI is InChI=1S/C16H20O5/c1-19-9-11-5-6-12(14-13(11)20-10-21-14)16(15(17)18)7-3-2-4-8-16/h5-6H,2-4,7-10H2,1H3,(H,17,18). The van der Waals surface area contributed by atoms with Gasteiger partial charge in [-0.1, -0.05) is 31.4 Å². The first-order valence-corrected chi connectivity index (χ1v) is 7.33. The summed E-state index contributed by atoms with van der Waals surface area (Å²) in [6.45, 7) is 0.560. The number of carboxylic acid groups (broad SMARTS) is 1. The molecule has 0 bridgehead atoms. The maximum atomic E-state index is 12.0. The summed E-state index contributed by atoms with van der Waals surface area (Å²) in [5.74, 6) is 0.466. The minimum absolute atomic E-state index is 0.138. The van der Waals surface area contributed by atoms with Crippen LogP contribution in [0.25, 0.3) is 0 Å². The van der Waals surface area contributed by atoms with Gasteiger partial charge in [0.15, 0.2) is 11.5 Å². The molecule has 3 rings (SSSR count). The Labute approximate surface area is 123 Å². The molecule has 21 heavy (non-hydrogen) atoms. The number of carboxylic acids is 1. The van der Waals surface area contributed by atoms with Crippen LogP contribution in [0.4, 0.5) is 0 Å². The third-order valence-electron chi connectivity index (χ3n) is 4.53. The van der Waals surface area contributed by atoms with Gasteiger partial charge in [-0.3, -0.25) is 4.79 Å². The summed E-state index contributed by atoms with van der Waals surface area (Å²) in [6.07, 6.45) is 4.27. The first-order valence-electron chi connectivity index (χ1n) is 7.33. The van der Waals surface area contributed by atoms with Gasteiger partial charge >= 0.3 is 5.97 Å². The lowest BCUT2D eigenvalue weighted by Crippen LogP contribution is -2.38. The van der Waals surface area contributed by atoms with E-state index in [1.165, 1.54) is 0 Å². The van der Waals surface area contributed by atoms with Gasteiger partial charge in [0.1, 0.15) is 0 Å². The third-order valence-corrected chi connectivity index (χ3v) is 4.53. The van der Waals surface area contributed by atoms with Crippen LogP contribution in [0.15, 0.2) is 12.1 Å². The van der Waals surface area contributed by atoms with E-state index >= 15 is 0 Å². The monoisotopic (exact) mass is 292 g/mol. The molecule has 0 spiro atoms. The minimum Gasteiger partial charge on any atom is -0.481 e. The summed E-state index contributed by atoms with van der Waals surface area (Å²) in [5.41, 5.74) is 0.800. The highest BCUT2D eigenvalue weighted by molar-refractivity contribution is 5.83. The Bertz CT molecular complexity index is 546. The van der Waals surface area contributed by atoms with Crippen molar-refractivity contribution in [3.05, 3.63) is 23.3 Å². The van der Waals surface area contributed by atoms with Gasteiger partial charge < -0.3 is 19.3 Å². The van der Waals surface area contributed by atoms with Gasteiger partial charge in [-0.15, -0.1) is 0 Å². The molecular weight excluding hydrogens is 272 g/mol. The first-order chi connectivity index (χ1) is 10.2. The summed E-state index contributed by atoms with van der Waals surface area (Å²) >= 11 is 0. The molecule has 2 aliphatic rings. The van der Waals surface area contributed by atoms with Gasteiger partial charge in [0.2, 0.25) is 6.79 Å². The quantitative estimate of drug-likeness (QED) is 0.924. The van der Waals surface area contributed by atoms with E-state index in [-0.39, 0.29) is 6.79 Å². The van der Waals surface area contributed by atoms with Crippen LogP contribution in [0.1, 0.15) is 43.2 Å². The van der Waals surface area contributed by atoms with E-state index in [1.54, 1.807) is 7.11 Å². The Morgan fingerprint density at radius 2 is 1.95 bits per heavy atom. The van der Waals surface area contributed by atoms with Crippen molar-refractivity contribution in [1.82, 2.24) is 0 Å². The number of hydrogen-bond acceptors (Lipinski definition) is 4. The second-order valence-electron chi connectivity index (χ2n) is 5.72. The van der Waals surface area contributed by atoms with Gasteiger partial charge in [-0.2, -0.15) is 0 Å². The summed E-state index contributed by atoms with van der Waals surface area (Å²) in [4.78, 5) is 12.0. The molecule has 114 valence electrons. The molecule has 1 N–H and O–H groups in total. The van der Waals surface area contributed by atoms with Crippen LogP contribution in [0.5, 0.6) is 11.5 Å². The van der Waals surface area contributed by atoms with E-state index in [9.17, 15) is 9.90 Å². The van der Waals surface area contributed by atoms with Gasteiger partial charge in [-0.25, -0.2) is 0 Å². The van der Waals surface area contributed by atoms with Gasteiger partial charge in [0.05, 0.1) is 12.0 Å². The number of hydrogen-bond donors (Lipinski definition) is 1. The molecule has 1 aliphatic carbocycles. The number of ether oxygens (including phenoxy) is 3. The zero-order valence-electron chi connectivity index (χ0n) is 12.2. The van der Waals surface area contributed by atoms with Crippen LogP contribution in [-0.2, 0) is 21.6 Å². The molecule has 1 aromatic rings. The molecule has 1 aliphatic heterocycles. The molecule has 5 heteroatoms. The maximum Gasteiger partial charge on any atom is 0.314 e. The van der Waals surface area contributed by atoms with Crippen molar-refractivity contribution < 1.29 is 24.1 Å². The molecule has 0 amide bonds. The second-order valence-corrected chi connectivity index (χ2v) is 5.72. The molecule has 1 heterocycles. The number of aliphatic carboxylic acids is 1. The highest BCUT2D eigenvalue weighted by Crippen LogP contribution is 2.49. The highest BCUT2D eigenvalue weighted by Gasteiger charge is 2.45. The largest absolute Gasteiger partial charge is 0.481 e. The summed E-state index contributed by atoms with van der Waals surface area (Å²) in [7, 11) is 1.62. The fourth-order valence-corrected chi connectivity index (χ4v) is 3.45. The average Bonchev–Trinajstić information content (AvgIpc) is 2.98. The molecule has 1 fully saturated rings. The van der Waals surface area contributed by atoms with Crippen molar-refractivity contribution in [2.75, 3.05) is 13.9 Å². The van der Waals surface area contributed by atoms with Gasteiger partial charge in [-0.05, 0) is 12.8 Å². The van der Waals surface area contributed by atoms with Crippen molar-refractivity contribution in [3.63, 3.8) is 0 Å². The van der Waals surface area contributed by atoms with Crippen molar-refractivity contribution in [2.45, 2.75) is 44.1 Å². The van der Waals surface area contributed by atoms with Gasteiger partial charge in [0.25, 0.3) is 0 Å². The van der Waals surface area contributed by atoms with E-state index in [0.717, 1.165) is 30.4 Å². The Hall–Kier alpha value is -1.75. The predicted octanol–water partition coefficient (Wildman–Crippen LogP) is 2.85. The molecule has 0 radical (unpaired) electrons. The highest BCUT2D eigenvalue weighted by atomic mass is 16.7. The van der Waals surface area contributed by atoms with Crippen LogP contribution < -0.4 is 9.47 Å². The van der Waals surface area contributed by atoms with E-state index in [2.05, 4.69) is 0 Å². The van der Waals surface area contributed by atoms with Crippen LogP contribution in [0.3, 0.4) is 0 Å². The fraction of sp³-hybridized carbons (Fsp3) is 0.562. The maximum absolute atomic E-state index is 12.0. The van der Waals surface area contributed by atoms with Crippen molar-refractivity contribution in [3.8, 4) is 11.5 Å². The normalized spacial score (nSPS) is 19.5. The Balaban J connectivity index is 2.09. The molecule has 1 saturated carbocycles. The molecular formula is C16H20O5. The molecule has 0 saturated heterocycles. The summed E-state index contributed by atoms with van der Waals surface area (Å²) in [6, 6.07) is 3.77. The number of carbonyl (C=O) groups is 1. The number of fused-ring (bicyclic) bond motifs is 1. The van der Waals surface area contributed by atoms with Crippen LogP contribution in [0, 0.1) is 0 Å². The lowest BCUT2D eigenvalue weighted by molar-refractivity contribution is -0.145. The van der Waals surface area contributed by atoms with E-state index < -0.39 is 11.4 Å². The van der Waals surface area contributed by atoms with E-state index in [4.69, 9.17) is 14.2 Å². The van der Waals surface area contributed by atoms with Crippen LogP contribution in [-0.4, -0.2) is 25.0 Å². The van der Waals surface area contributed by atoms with Crippen LogP contribution in [0.2, 0.25) is 0 Å². The predicted molar refractivity (Wildman–Crippen MR) is 75.7 cm³/mol. The zero-order valence-corrected chi connectivity index (χ0v) is 12.2. The molecule has 0 aromatic heterocycles. The Kier molecular flexibility index (Phi) is 3.76. The Morgan fingerprint density at radius 1 is 1.24 bits per heavy atom. The van der Waals surface area contributed by atoms with Crippen molar-refractivity contribution in [2.24, 2.45) is 0 Å². The lowest BCUT2D eigenvalue weighted by atomic mass is 9.69.